The summed E-state index contributed by atoms with van der Waals surface area (Å²) < 4.78 is 0. The third-order valence-corrected chi connectivity index (χ3v) is 3.55. The van der Waals surface area contributed by atoms with Crippen molar-refractivity contribution in [3.05, 3.63) is 29.8 Å². The van der Waals surface area contributed by atoms with Gasteiger partial charge in [0.15, 0.2) is 0 Å². The summed E-state index contributed by atoms with van der Waals surface area (Å²) in [5, 5.41) is 3.12. The Hall–Kier alpha value is -1.22. The second-order valence-electron chi connectivity index (χ2n) is 5.00. The molecule has 1 aromatic carbocycles. The van der Waals surface area contributed by atoms with Gasteiger partial charge in [0.2, 0.25) is 5.91 Å². The van der Waals surface area contributed by atoms with Crippen molar-refractivity contribution in [3.8, 4) is 0 Å². The van der Waals surface area contributed by atoms with Crippen molar-refractivity contribution in [3.63, 3.8) is 0 Å². The highest BCUT2D eigenvalue weighted by molar-refractivity contribution is 5.85. The van der Waals surface area contributed by atoms with Crippen molar-refractivity contribution in [1.82, 2.24) is 5.32 Å². The summed E-state index contributed by atoms with van der Waals surface area (Å²) in [6.45, 7) is 2.21. The Morgan fingerprint density at radius 2 is 2.00 bits per heavy atom. The number of amides is 1. The number of nitrogen functional groups attached to an aromatic ring is 1. The maximum Gasteiger partial charge on any atom is 0.224 e. The Labute approximate surface area is 115 Å². The lowest BCUT2D eigenvalue weighted by atomic mass is 10.1. The van der Waals surface area contributed by atoms with E-state index < -0.39 is 0 Å². The number of carbonyl (C=O) groups is 1. The molecule has 4 heteroatoms. The van der Waals surface area contributed by atoms with Gasteiger partial charge in [-0.15, -0.1) is 12.4 Å². The molecule has 1 amide bonds. The SMILES string of the molecule is CC1CCCC1NC(=O)Cc1ccc(N)cc1.Cl. The fourth-order valence-corrected chi connectivity index (χ4v) is 2.44. The van der Waals surface area contributed by atoms with E-state index in [1.54, 1.807) is 0 Å². The molecule has 18 heavy (non-hydrogen) atoms. The minimum absolute atomic E-state index is 0. The normalized spacial score (nSPS) is 22.3. The van der Waals surface area contributed by atoms with Crippen LogP contribution in [0.15, 0.2) is 24.3 Å². The minimum Gasteiger partial charge on any atom is -0.399 e. The molecule has 0 saturated heterocycles. The summed E-state index contributed by atoms with van der Waals surface area (Å²) in [5.41, 5.74) is 7.36. The molecule has 2 rings (SSSR count). The van der Waals surface area contributed by atoms with Crippen LogP contribution in [-0.4, -0.2) is 11.9 Å². The number of rotatable bonds is 3. The monoisotopic (exact) mass is 268 g/mol. The fraction of sp³-hybridized carbons (Fsp3) is 0.500. The van der Waals surface area contributed by atoms with Gasteiger partial charge in [-0.3, -0.25) is 4.79 Å². The number of anilines is 1. The maximum absolute atomic E-state index is 11.9. The number of hydrogen-bond donors (Lipinski definition) is 2. The molecule has 1 aliphatic rings. The third-order valence-electron chi connectivity index (χ3n) is 3.55. The van der Waals surface area contributed by atoms with Gasteiger partial charge in [0.05, 0.1) is 6.42 Å². The smallest absolute Gasteiger partial charge is 0.224 e. The molecule has 0 spiro atoms. The number of carbonyl (C=O) groups excluding carboxylic acids is 1. The molecule has 1 saturated carbocycles. The maximum atomic E-state index is 11.9. The van der Waals surface area contributed by atoms with Crippen LogP contribution in [0.1, 0.15) is 31.7 Å². The van der Waals surface area contributed by atoms with Crippen molar-refractivity contribution < 1.29 is 4.79 Å². The van der Waals surface area contributed by atoms with Crippen molar-refractivity contribution >= 4 is 24.0 Å². The van der Waals surface area contributed by atoms with E-state index in [1.807, 2.05) is 24.3 Å². The average molecular weight is 269 g/mol. The van der Waals surface area contributed by atoms with E-state index in [0.717, 1.165) is 17.7 Å². The highest BCUT2D eigenvalue weighted by Crippen LogP contribution is 2.24. The first-order chi connectivity index (χ1) is 8.15. The van der Waals surface area contributed by atoms with Crippen LogP contribution in [0.2, 0.25) is 0 Å². The molecular formula is C14H21ClN2O. The summed E-state index contributed by atoms with van der Waals surface area (Å²) in [4.78, 5) is 11.9. The van der Waals surface area contributed by atoms with Crippen LogP contribution in [0.3, 0.4) is 0 Å². The van der Waals surface area contributed by atoms with Crippen molar-refractivity contribution in [2.75, 3.05) is 5.73 Å². The van der Waals surface area contributed by atoms with Gasteiger partial charge in [-0.25, -0.2) is 0 Å². The van der Waals surface area contributed by atoms with E-state index in [4.69, 9.17) is 5.73 Å². The number of benzene rings is 1. The molecule has 1 aliphatic carbocycles. The quantitative estimate of drug-likeness (QED) is 0.828. The summed E-state index contributed by atoms with van der Waals surface area (Å²) >= 11 is 0. The van der Waals surface area contributed by atoms with Gasteiger partial charge in [-0.05, 0) is 36.5 Å². The first-order valence-corrected chi connectivity index (χ1v) is 6.29. The van der Waals surface area contributed by atoms with Gasteiger partial charge in [-0.2, -0.15) is 0 Å². The van der Waals surface area contributed by atoms with Gasteiger partial charge in [-0.1, -0.05) is 25.5 Å². The largest absolute Gasteiger partial charge is 0.399 e. The number of nitrogens with one attached hydrogen (secondary N) is 1. The van der Waals surface area contributed by atoms with E-state index in [-0.39, 0.29) is 18.3 Å². The molecule has 2 atom stereocenters. The molecule has 3 N–H and O–H groups in total. The summed E-state index contributed by atoms with van der Waals surface area (Å²) in [6.07, 6.45) is 4.03. The summed E-state index contributed by atoms with van der Waals surface area (Å²) in [7, 11) is 0. The summed E-state index contributed by atoms with van der Waals surface area (Å²) in [5.74, 6) is 0.735. The van der Waals surface area contributed by atoms with Crippen molar-refractivity contribution in [1.29, 1.82) is 0 Å². The van der Waals surface area contributed by atoms with E-state index in [9.17, 15) is 4.79 Å². The zero-order valence-corrected chi connectivity index (χ0v) is 11.5. The van der Waals surface area contributed by atoms with Crippen LogP contribution in [0.5, 0.6) is 0 Å². The summed E-state index contributed by atoms with van der Waals surface area (Å²) in [6, 6.07) is 7.86. The predicted molar refractivity (Wildman–Crippen MR) is 76.8 cm³/mol. The average Bonchev–Trinajstić information content (AvgIpc) is 2.68. The third kappa shape index (κ3) is 3.91. The number of nitrogens with two attached hydrogens (primary N) is 1. The van der Waals surface area contributed by atoms with E-state index in [0.29, 0.717) is 18.4 Å². The molecule has 1 fully saturated rings. The molecule has 100 valence electrons. The zero-order valence-electron chi connectivity index (χ0n) is 10.7. The first-order valence-electron chi connectivity index (χ1n) is 6.29. The van der Waals surface area contributed by atoms with Crippen LogP contribution in [0.4, 0.5) is 5.69 Å². The van der Waals surface area contributed by atoms with E-state index in [2.05, 4.69) is 12.2 Å². The standard InChI is InChI=1S/C14H20N2O.ClH/c1-10-3-2-4-13(10)16-14(17)9-11-5-7-12(15)8-6-11;/h5-8,10,13H,2-4,9,15H2,1H3,(H,16,17);1H. The Bertz CT molecular complexity index is 391. The van der Waals surface area contributed by atoms with Crippen LogP contribution in [0, 0.1) is 5.92 Å². The zero-order chi connectivity index (χ0) is 12.3. The van der Waals surface area contributed by atoms with Gasteiger partial charge >= 0.3 is 0 Å². The molecule has 0 radical (unpaired) electrons. The second-order valence-corrected chi connectivity index (χ2v) is 5.00. The highest BCUT2D eigenvalue weighted by atomic mass is 35.5. The van der Waals surface area contributed by atoms with Gasteiger partial charge < -0.3 is 11.1 Å². The lowest BCUT2D eigenvalue weighted by Crippen LogP contribution is -2.37. The number of halogens is 1. The topological polar surface area (TPSA) is 55.1 Å². The Morgan fingerprint density at radius 3 is 2.56 bits per heavy atom. The molecule has 0 aromatic heterocycles. The molecular weight excluding hydrogens is 248 g/mol. The molecule has 3 nitrogen and oxygen atoms in total. The molecule has 2 unspecified atom stereocenters. The lowest BCUT2D eigenvalue weighted by molar-refractivity contribution is -0.121. The molecule has 1 aromatic rings. The fourth-order valence-electron chi connectivity index (χ4n) is 2.44. The van der Waals surface area contributed by atoms with Gasteiger partial charge in [0.25, 0.3) is 0 Å². The molecule has 0 heterocycles. The van der Waals surface area contributed by atoms with Gasteiger partial charge in [0, 0.05) is 11.7 Å². The number of hydrogen-bond acceptors (Lipinski definition) is 2. The Morgan fingerprint density at radius 1 is 1.33 bits per heavy atom. The Kier molecular flexibility index (Phi) is 5.48. The van der Waals surface area contributed by atoms with E-state index in [1.165, 1.54) is 12.8 Å². The van der Waals surface area contributed by atoms with Crippen molar-refractivity contribution in [2.24, 2.45) is 5.92 Å². The predicted octanol–water partition coefficient (Wildman–Crippen LogP) is 2.54. The lowest BCUT2D eigenvalue weighted by Gasteiger charge is -2.17. The first kappa shape index (κ1) is 14.8. The van der Waals surface area contributed by atoms with E-state index >= 15 is 0 Å². The van der Waals surface area contributed by atoms with Gasteiger partial charge in [0.1, 0.15) is 0 Å². The van der Waals surface area contributed by atoms with Crippen molar-refractivity contribution in [2.45, 2.75) is 38.6 Å². The van der Waals surface area contributed by atoms with Crippen LogP contribution in [-0.2, 0) is 11.2 Å². The molecule has 0 aliphatic heterocycles. The van der Waals surface area contributed by atoms with Crippen LogP contribution < -0.4 is 11.1 Å². The minimum atomic E-state index is 0. The Balaban J connectivity index is 0.00000162. The molecule has 0 bridgehead atoms. The van der Waals surface area contributed by atoms with Crippen LogP contribution in [0.25, 0.3) is 0 Å². The highest BCUT2D eigenvalue weighted by Gasteiger charge is 2.24. The van der Waals surface area contributed by atoms with Crippen LogP contribution >= 0.6 is 12.4 Å². The second kappa shape index (κ2) is 6.64.